The third kappa shape index (κ3) is 1.81. The van der Waals surface area contributed by atoms with Gasteiger partial charge in [0.25, 0.3) is 0 Å². The first-order valence-corrected chi connectivity index (χ1v) is 7.58. The monoisotopic (exact) mass is 268 g/mol. The van der Waals surface area contributed by atoms with Gasteiger partial charge in [0.1, 0.15) is 0 Å². The van der Waals surface area contributed by atoms with Crippen molar-refractivity contribution in [1.29, 1.82) is 0 Å². The molecule has 0 bridgehead atoms. The molecule has 1 N–H and O–H groups in total. The van der Waals surface area contributed by atoms with E-state index in [1.165, 1.54) is 0 Å². The Morgan fingerprint density at radius 2 is 1.58 bits per heavy atom. The molecule has 2 saturated carbocycles. The van der Waals surface area contributed by atoms with Crippen LogP contribution >= 0.6 is 0 Å². The molecule has 4 atom stereocenters. The van der Waals surface area contributed by atoms with Crippen molar-refractivity contribution in [3.8, 4) is 0 Å². The predicted octanol–water partition coefficient (Wildman–Crippen LogP) is 2.96. The molecule has 3 heteroatoms. The number of ether oxygens (including phenoxy) is 2. The fraction of sp³-hybridized carbons (Fsp3) is 1.00. The van der Waals surface area contributed by atoms with Gasteiger partial charge in [-0.2, -0.15) is 0 Å². The third-order valence-electron chi connectivity index (χ3n) is 6.37. The lowest BCUT2D eigenvalue weighted by atomic mass is 9.67. The molecule has 1 aliphatic heterocycles. The van der Waals surface area contributed by atoms with Gasteiger partial charge in [-0.15, -0.1) is 0 Å². The van der Waals surface area contributed by atoms with Gasteiger partial charge >= 0.3 is 0 Å². The zero-order chi connectivity index (χ0) is 14.1. The minimum Gasteiger partial charge on any atom is -0.393 e. The highest BCUT2D eigenvalue weighted by Crippen LogP contribution is 2.69. The second kappa shape index (κ2) is 3.75. The lowest BCUT2D eigenvalue weighted by Crippen LogP contribution is -2.47. The Morgan fingerprint density at radius 3 is 2.11 bits per heavy atom. The molecule has 2 aliphatic carbocycles. The number of hydrogen-bond donors (Lipinski definition) is 1. The Labute approximate surface area is 116 Å². The molecule has 1 spiro atoms. The molecule has 0 aromatic carbocycles. The van der Waals surface area contributed by atoms with E-state index in [1.807, 2.05) is 0 Å². The van der Waals surface area contributed by atoms with Crippen LogP contribution in [-0.2, 0) is 9.47 Å². The van der Waals surface area contributed by atoms with Gasteiger partial charge in [0.05, 0.1) is 19.3 Å². The van der Waals surface area contributed by atoms with Crippen LogP contribution in [0, 0.1) is 22.2 Å². The van der Waals surface area contributed by atoms with Crippen molar-refractivity contribution in [1.82, 2.24) is 0 Å². The van der Waals surface area contributed by atoms with Crippen molar-refractivity contribution in [2.75, 3.05) is 13.2 Å². The van der Waals surface area contributed by atoms with Crippen molar-refractivity contribution in [3.05, 3.63) is 0 Å². The maximum absolute atomic E-state index is 10.2. The molecule has 3 nitrogen and oxygen atoms in total. The zero-order valence-electron chi connectivity index (χ0n) is 13.0. The first-order chi connectivity index (χ1) is 8.62. The summed E-state index contributed by atoms with van der Waals surface area (Å²) in [5.41, 5.74) is 0.372. The molecule has 0 aromatic heterocycles. The quantitative estimate of drug-likeness (QED) is 0.734. The maximum Gasteiger partial charge on any atom is 0.169 e. The number of aliphatic hydroxyl groups excluding tert-OH is 1. The van der Waals surface area contributed by atoms with E-state index in [0.717, 1.165) is 32.5 Å². The van der Waals surface area contributed by atoms with Crippen molar-refractivity contribution in [2.45, 2.75) is 65.8 Å². The molecule has 19 heavy (non-hydrogen) atoms. The minimum absolute atomic E-state index is 0.119. The van der Waals surface area contributed by atoms with Crippen molar-refractivity contribution >= 4 is 0 Å². The number of aliphatic hydroxyl groups is 1. The Balaban J connectivity index is 1.85. The number of hydrogen-bond acceptors (Lipinski definition) is 3. The lowest BCUT2D eigenvalue weighted by Gasteiger charge is -2.43. The van der Waals surface area contributed by atoms with Crippen LogP contribution in [-0.4, -0.2) is 30.2 Å². The van der Waals surface area contributed by atoms with E-state index in [2.05, 4.69) is 34.6 Å². The van der Waals surface area contributed by atoms with Crippen molar-refractivity contribution < 1.29 is 14.6 Å². The predicted molar refractivity (Wildman–Crippen MR) is 73.7 cm³/mol. The molecule has 1 heterocycles. The van der Waals surface area contributed by atoms with Gasteiger partial charge in [-0.1, -0.05) is 34.6 Å². The minimum atomic E-state index is -0.395. The van der Waals surface area contributed by atoms with E-state index < -0.39 is 5.79 Å². The summed E-state index contributed by atoms with van der Waals surface area (Å²) in [6.45, 7) is 12.7. The smallest absolute Gasteiger partial charge is 0.169 e. The average molecular weight is 268 g/mol. The average Bonchev–Trinajstić information content (AvgIpc) is 2.60. The maximum atomic E-state index is 10.2. The molecule has 3 aliphatic rings. The number of fused-ring (bicyclic) bond motifs is 1. The van der Waals surface area contributed by atoms with Crippen LogP contribution in [0.3, 0.4) is 0 Å². The largest absolute Gasteiger partial charge is 0.393 e. The highest BCUT2D eigenvalue weighted by Gasteiger charge is 2.67. The van der Waals surface area contributed by atoms with Gasteiger partial charge in [0.15, 0.2) is 5.79 Å². The van der Waals surface area contributed by atoms with Crippen molar-refractivity contribution in [3.63, 3.8) is 0 Å². The highest BCUT2D eigenvalue weighted by molar-refractivity contribution is 5.14. The van der Waals surface area contributed by atoms with E-state index in [-0.39, 0.29) is 22.3 Å². The molecule has 0 aromatic rings. The van der Waals surface area contributed by atoms with Crippen LogP contribution in [0.15, 0.2) is 0 Å². The third-order valence-corrected chi connectivity index (χ3v) is 6.37. The summed E-state index contributed by atoms with van der Waals surface area (Å²) in [4.78, 5) is 0. The molecule has 3 fully saturated rings. The summed E-state index contributed by atoms with van der Waals surface area (Å²) in [7, 11) is 0. The Hall–Kier alpha value is -0.120. The lowest BCUT2D eigenvalue weighted by molar-refractivity contribution is -0.301. The van der Waals surface area contributed by atoms with E-state index in [4.69, 9.17) is 9.47 Å². The first-order valence-electron chi connectivity index (χ1n) is 7.58. The highest BCUT2D eigenvalue weighted by atomic mass is 16.7. The van der Waals surface area contributed by atoms with Gasteiger partial charge in [0.2, 0.25) is 0 Å². The Bertz CT molecular complexity index is 381. The van der Waals surface area contributed by atoms with E-state index >= 15 is 0 Å². The van der Waals surface area contributed by atoms with Crippen LogP contribution < -0.4 is 0 Å². The molecule has 1 saturated heterocycles. The van der Waals surface area contributed by atoms with Gasteiger partial charge in [-0.25, -0.2) is 0 Å². The Kier molecular flexibility index (Phi) is 2.73. The zero-order valence-corrected chi connectivity index (χ0v) is 13.0. The second-order valence-corrected chi connectivity index (χ2v) is 8.54. The van der Waals surface area contributed by atoms with E-state index in [0.29, 0.717) is 5.92 Å². The van der Waals surface area contributed by atoms with Crippen LogP contribution in [0.2, 0.25) is 0 Å². The van der Waals surface area contributed by atoms with Gasteiger partial charge in [0, 0.05) is 18.3 Å². The summed E-state index contributed by atoms with van der Waals surface area (Å²) in [5.74, 6) is -0.0769. The number of rotatable bonds is 0. The summed E-state index contributed by atoms with van der Waals surface area (Å²) >= 11 is 0. The van der Waals surface area contributed by atoms with Gasteiger partial charge in [-0.05, 0) is 23.2 Å². The first kappa shape index (κ1) is 13.8. The second-order valence-electron chi connectivity index (χ2n) is 8.54. The molecule has 0 unspecified atom stereocenters. The SMILES string of the molecule is C[C@H]1[C@H](O)C[C@]2(C)CC3(C[C@]12C)OCC(C)(C)CO3. The normalized spacial score (nSPS) is 51.5. The van der Waals surface area contributed by atoms with Crippen LogP contribution in [0.4, 0.5) is 0 Å². The Morgan fingerprint density at radius 1 is 1.00 bits per heavy atom. The summed E-state index contributed by atoms with van der Waals surface area (Å²) < 4.78 is 12.4. The molecule has 0 radical (unpaired) electrons. The topological polar surface area (TPSA) is 38.7 Å². The van der Waals surface area contributed by atoms with Crippen LogP contribution in [0.25, 0.3) is 0 Å². The fourth-order valence-electron chi connectivity index (χ4n) is 4.65. The summed E-state index contributed by atoms with van der Waals surface area (Å²) in [6.07, 6.45) is 2.55. The molecular weight excluding hydrogens is 240 g/mol. The summed E-state index contributed by atoms with van der Waals surface area (Å²) in [5, 5.41) is 10.2. The molecule has 3 rings (SSSR count). The fourth-order valence-corrected chi connectivity index (χ4v) is 4.65. The standard InChI is InChI=1S/C16H28O3/c1-11-12(17)6-14(4)7-16(8-15(11,14)5)18-9-13(2,3)10-19-16/h11-12,17H,6-10H2,1-5H3/t11-,12+,14+,15+/m0/s1. The molecule has 0 amide bonds. The van der Waals surface area contributed by atoms with Crippen LogP contribution in [0.1, 0.15) is 53.9 Å². The van der Waals surface area contributed by atoms with E-state index in [9.17, 15) is 5.11 Å². The summed E-state index contributed by atoms with van der Waals surface area (Å²) in [6, 6.07) is 0. The van der Waals surface area contributed by atoms with Crippen LogP contribution in [0.5, 0.6) is 0 Å². The van der Waals surface area contributed by atoms with E-state index in [1.54, 1.807) is 0 Å². The van der Waals surface area contributed by atoms with Crippen molar-refractivity contribution in [2.24, 2.45) is 22.2 Å². The van der Waals surface area contributed by atoms with Gasteiger partial charge < -0.3 is 14.6 Å². The molecule has 110 valence electrons. The van der Waals surface area contributed by atoms with Gasteiger partial charge in [-0.3, -0.25) is 0 Å². The molecular formula is C16H28O3.